The fourth-order valence-electron chi connectivity index (χ4n) is 3.23. The van der Waals surface area contributed by atoms with Gasteiger partial charge in [-0.3, -0.25) is 4.98 Å². The Balaban J connectivity index is 2.25. The van der Waals surface area contributed by atoms with Crippen molar-refractivity contribution in [3.63, 3.8) is 0 Å². The quantitative estimate of drug-likeness (QED) is 0.393. The zero-order chi connectivity index (χ0) is 14.8. The van der Waals surface area contributed by atoms with Gasteiger partial charge in [-0.2, -0.15) is 0 Å². The molecule has 0 bridgehead atoms. The third kappa shape index (κ3) is 2.28. The Morgan fingerprint density at radius 3 is 3.05 bits per heavy atom. The molecule has 1 saturated heterocycles. The largest absolute Gasteiger partial charge is 0.409 e. The molecule has 3 rings (SSSR count). The van der Waals surface area contributed by atoms with Gasteiger partial charge < -0.3 is 15.8 Å². The van der Waals surface area contributed by atoms with Gasteiger partial charge >= 0.3 is 0 Å². The van der Waals surface area contributed by atoms with E-state index < -0.39 is 0 Å². The number of oxime groups is 1. The van der Waals surface area contributed by atoms with Crippen LogP contribution in [0.15, 0.2) is 35.6 Å². The molecule has 21 heavy (non-hydrogen) atoms. The molecular weight excluding hydrogens is 264 g/mol. The third-order valence-corrected chi connectivity index (χ3v) is 4.27. The molecule has 1 aromatic carbocycles. The summed E-state index contributed by atoms with van der Waals surface area (Å²) in [6, 6.07) is 8.52. The van der Waals surface area contributed by atoms with E-state index in [1.807, 2.05) is 18.2 Å². The molecule has 5 heteroatoms. The number of amidine groups is 1. The number of anilines is 1. The maximum Gasteiger partial charge on any atom is 0.173 e. The van der Waals surface area contributed by atoms with E-state index in [1.54, 1.807) is 6.20 Å². The summed E-state index contributed by atoms with van der Waals surface area (Å²) in [5, 5.41) is 13.3. The topological polar surface area (TPSA) is 74.7 Å². The number of nitrogens with zero attached hydrogens (tertiary/aromatic N) is 3. The summed E-state index contributed by atoms with van der Waals surface area (Å²) < 4.78 is 0. The van der Waals surface area contributed by atoms with Crippen LogP contribution in [-0.2, 0) is 0 Å². The Hall–Kier alpha value is -2.30. The van der Waals surface area contributed by atoms with Gasteiger partial charge in [0.05, 0.1) is 16.8 Å². The number of rotatable bonds is 3. The predicted molar refractivity (Wildman–Crippen MR) is 84.9 cm³/mol. The molecule has 0 amide bonds. The Labute approximate surface area is 124 Å². The van der Waals surface area contributed by atoms with E-state index in [4.69, 9.17) is 10.9 Å². The van der Waals surface area contributed by atoms with Gasteiger partial charge in [0.15, 0.2) is 5.84 Å². The van der Waals surface area contributed by atoms with Crippen LogP contribution in [0, 0.1) is 0 Å². The van der Waals surface area contributed by atoms with Gasteiger partial charge in [0.2, 0.25) is 0 Å². The lowest BCUT2D eigenvalue weighted by atomic mass is 10.1. The molecule has 1 aromatic heterocycles. The van der Waals surface area contributed by atoms with Crippen molar-refractivity contribution in [2.75, 3.05) is 11.4 Å². The Morgan fingerprint density at radius 2 is 2.29 bits per heavy atom. The first-order chi connectivity index (χ1) is 10.3. The van der Waals surface area contributed by atoms with Crippen molar-refractivity contribution < 1.29 is 5.21 Å². The lowest BCUT2D eigenvalue weighted by Crippen LogP contribution is -2.31. The minimum atomic E-state index is 0.116. The highest BCUT2D eigenvalue weighted by atomic mass is 16.4. The van der Waals surface area contributed by atoms with E-state index in [0.717, 1.165) is 29.6 Å². The molecule has 1 aliphatic rings. The molecule has 1 aliphatic heterocycles. The summed E-state index contributed by atoms with van der Waals surface area (Å²) in [6.07, 6.45) is 5.15. The molecule has 0 radical (unpaired) electrons. The van der Waals surface area contributed by atoms with Crippen molar-refractivity contribution in [1.29, 1.82) is 0 Å². The van der Waals surface area contributed by atoms with Crippen LogP contribution in [0.25, 0.3) is 10.9 Å². The van der Waals surface area contributed by atoms with E-state index in [1.165, 1.54) is 12.8 Å². The van der Waals surface area contributed by atoms with Crippen molar-refractivity contribution in [1.82, 2.24) is 4.98 Å². The number of hydrogen-bond acceptors (Lipinski definition) is 4. The van der Waals surface area contributed by atoms with Crippen LogP contribution in [0.2, 0.25) is 0 Å². The highest BCUT2D eigenvalue weighted by Gasteiger charge is 2.27. The highest BCUT2D eigenvalue weighted by Crippen LogP contribution is 2.35. The summed E-state index contributed by atoms with van der Waals surface area (Å²) in [6.45, 7) is 3.20. The van der Waals surface area contributed by atoms with E-state index in [0.29, 0.717) is 11.6 Å². The second-order valence-electron chi connectivity index (χ2n) is 5.42. The van der Waals surface area contributed by atoms with Gasteiger partial charge in [0.1, 0.15) is 0 Å². The van der Waals surface area contributed by atoms with Gasteiger partial charge in [-0.05, 0) is 25.3 Å². The van der Waals surface area contributed by atoms with Gasteiger partial charge in [-0.1, -0.05) is 30.3 Å². The van der Waals surface area contributed by atoms with Crippen molar-refractivity contribution in [3.8, 4) is 0 Å². The first kappa shape index (κ1) is 13.7. The molecule has 0 spiro atoms. The van der Waals surface area contributed by atoms with Crippen molar-refractivity contribution in [2.45, 2.75) is 32.2 Å². The molecule has 5 nitrogen and oxygen atoms in total. The normalized spacial score (nSPS) is 19.4. The van der Waals surface area contributed by atoms with Crippen LogP contribution < -0.4 is 10.6 Å². The second kappa shape index (κ2) is 5.60. The monoisotopic (exact) mass is 284 g/mol. The summed E-state index contributed by atoms with van der Waals surface area (Å²) >= 11 is 0. The van der Waals surface area contributed by atoms with Crippen LogP contribution >= 0.6 is 0 Å². The Morgan fingerprint density at radius 1 is 1.48 bits per heavy atom. The highest BCUT2D eigenvalue weighted by molar-refractivity contribution is 6.09. The van der Waals surface area contributed by atoms with E-state index in [2.05, 4.69) is 28.0 Å². The fourth-order valence-corrected chi connectivity index (χ4v) is 3.23. The maximum absolute atomic E-state index is 9.07. The lowest BCUT2D eigenvalue weighted by Gasteiger charge is -2.29. The molecule has 1 atom stereocenters. The number of pyridine rings is 1. The Kier molecular flexibility index (Phi) is 3.64. The van der Waals surface area contributed by atoms with Crippen molar-refractivity contribution in [2.24, 2.45) is 10.9 Å². The molecule has 0 saturated carbocycles. The fraction of sp³-hybridized carbons (Fsp3) is 0.375. The van der Waals surface area contributed by atoms with Crippen LogP contribution in [-0.4, -0.2) is 28.6 Å². The summed E-state index contributed by atoms with van der Waals surface area (Å²) in [5.74, 6) is 0.116. The standard InChI is InChI=1S/C16H20N4O/c1-2-11-6-5-9-20(11)15-12-7-3-4-8-14(12)18-10-13(15)16(17)19-21/h3-4,7-8,10-11,21H,2,5-6,9H2,1H3,(H2,17,19). The second-order valence-corrected chi connectivity index (χ2v) is 5.42. The first-order valence-corrected chi connectivity index (χ1v) is 7.38. The van der Waals surface area contributed by atoms with E-state index in [9.17, 15) is 0 Å². The maximum atomic E-state index is 9.07. The molecular formula is C16H20N4O. The van der Waals surface area contributed by atoms with Gasteiger partial charge in [0.25, 0.3) is 0 Å². The van der Waals surface area contributed by atoms with Crippen LogP contribution in [0.3, 0.4) is 0 Å². The molecule has 3 N–H and O–H groups in total. The van der Waals surface area contributed by atoms with Crippen molar-refractivity contribution in [3.05, 3.63) is 36.0 Å². The molecule has 1 unspecified atom stereocenters. The lowest BCUT2D eigenvalue weighted by molar-refractivity contribution is 0.318. The number of hydrogen-bond donors (Lipinski definition) is 2. The summed E-state index contributed by atoms with van der Waals surface area (Å²) in [4.78, 5) is 6.82. The first-order valence-electron chi connectivity index (χ1n) is 7.38. The number of nitrogens with two attached hydrogens (primary N) is 1. The average Bonchev–Trinajstić information content (AvgIpc) is 3.01. The zero-order valence-corrected chi connectivity index (χ0v) is 12.2. The van der Waals surface area contributed by atoms with Gasteiger partial charge in [-0.25, -0.2) is 0 Å². The summed E-state index contributed by atoms with van der Waals surface area (Å²) in [5.41, 5.74) is 8.56. The smallest absolute Gasteiger partial charge is 0.173 e. The minimum Gasteiger partial charge on any atom is -0.409 e. The van der Waals surface area contributed by atoms with Crippen LogP contribution in [0.1, 0.15) is 31.7 Å². The van der Waals surface area contributed by atoms with Gasteiger partial charge in [0, 0.05) is 24.2 Å². The van der Waals surface area contributed by atoms with Crippen LogP contribution in [0.5, 0.6) is 0 Å². The van der Waals surface area contributed by atoms with E-state index >= 15 is 0 Å². The SMILES string of the molecule is CCC1CCCN1c1c(/C(N)=N/O)cnc2ccccc12. The number of para-hydroxylation sites is 1. The molecule has 110 valence electrons. The number of fused-ring (bicyclic) bond motifs is 1. The minimum absolute atomic E-state index is 0.116. The third-order valence-electron chi connectivity index (χ3n) is 4.27. The van der Waals surface area contributed by atoms with Crippen LogP contribution in [0.4, 0.5) is 5.69 Å². The van der Waals surface area contributed by atoms with Crippen molar-refractivity contribution >= 4 is 22.4 Å². The molecule has 0 aliphatic carbocycles. The molecule has 2 heterocycles. The zero-order valence-electron chi connectivity index (χ0n) is 12.2. The summed E-state index contributed by atoms with van der Waals surface area (Å²) in [7, 11) is 0. The van der Waals surface area contributed by atoms with E-state index in [-0.39, 0.29) is 5.84 Å². The number of aromatic nitrogens is 1. The number of benzene rings is 1. The molecule has 1 fully saturated rings. The average molecular weight is 284 g/mol. The Bertz CT molecular complexity index is 683. The van der Waals surface area contributed by atoms with Gasteiger partial charge in [-0.15, -0.1) is 0 Å². The predicted octanol–water partition coefficient (Wildman–Crippen LogP) is 2.71. The molecule has 2 aromatic rings.